The molecule has 0 fully saturated rings. The van der Waals surface area contributed by atoms with Gasteiger partial charge >= 0.3 is 0 Å². The fraction of sp³-hybridized carbons (Fsp3) is 0.143. The number of hydrogen-bond acceptors (Lipinski definition) is 4. The highest BCUT2D eigenvalue weighted by molar-refractivity contribution is 6.06. The van der Waals surface area contributed by atoms with Crippen molar-refractivity contribution in [3.05, 3.63) is 42.0 Å². The van der Waals surface area contributed by atoms with E-state index in [1.54, 1.807) is 0 Å². The Labute approximate surface area is 106 Å². The Bertz CT molecular complexity index is 531. The maximum atomic E-state index is 5.41. The van der Waals surface area contributed by atoms with E-state index < -0.39 is 0 Å². The number of nitrogens with zero attached hydrogens (tertiary/aromatic N) is 2. The molecule has 0 aromatic heterocycles. The fourth-order valence-corrected chi connectivity index (χ4v) is 1.63. The standard InChI is InChI=1S/C14H14N2O2/c1-3-5-12(16-15-2)9-8-11-6-4-7-13-14(11)18-10-17-13/h3-9H,2,10H2,1H3. The topological polar surface area (TPSA) is 43.2 Å². The van der Waals surface area contributed by atoms with Crippen molar-refractivity contribution < 1.29 is 9.47 Å². The summed E-state index contributed by atoms with van der Waals surface area (Å²) < 4.78 is 10.7. The molecule has 0 amide bonds. The summed E-state index contributed by atoms with van der Waals surface area (Å²) in [7, 11) is 0. The van der Waals surface area contributed by atoms with Crippen molar-refractivity contribution in [2.24, 2.45) is 10.2 Å². The molecule has 0 saturated heterocycles. The normalized spacial score (nSPS) is 14.6. The lowest BCUT2D eigenvalue weighted by molar-refractivity contribution is 0.174. The third-order valence-corrected chi connectivity index (χ3v) is 2.38. The Hall–Kier alpha value is -2.36. The van der Waals surface area contributed by atoms with E-state index in [1.165, 1.54) is 0 Å². The van der Waals surface area contributed by atoms with E-state index in [-0.39, 0.29) is 6.79 Å². The van der Waals surface area contributed by atoms with Gasteiger partial charge in [-0.2, -0.15) is 10.2 Å². The van der Waals surface area contributed by atoms with Crippen LogP contribution >= 0.6 is 0 Å². The van der Waals surface area contributed by atoms with E-state index >= 15 is 0 Å². The first-order valence-corrected chi connectivity index (χ1v) is 5.58. The van der Waals surface area contributed by atoms with E-state index in [4.69, 9.17) is 9.47 Å². The van der Waals surface area contributed by atoms with Crippen molar-refractivity contribution >= 4 is 18.5 Å². The molecule has 92 valence electrons. The van der Waals surface area contributed by atoms with Gasteiger partial charge in [-0.15, -0.1) is 0 Å². The Morgan fingerprint density at radius 1 is 1.33 bits per heavy atom. The lowest BCUT2D eigenvalue weighted by atomic mass is 10.1. The summed E-state index contributed by atoms with van der Waals surface area (Å²) in [5.74, 6) is 1.53. The van der Waals surface area contributed by atoms with Crippen molar-refractivity contribution in [1.29, 1.82) is 0 Å². The zero-order valence-electron chi connectivity index (χ0n) is 10.2. The maximum Gasteiger partial charge on any atom is 0.231 e. The predicted octanol–water partition coefficient (Wildman–Crippen LogP) is 3.06. The van der Waals surface area contributed by atoms with Gasteiger partial charge in [0.05, 0.1) is 5.71 Å². The van der Waals surface area contributed by atoms with Crippen molar-refractivity contribution in [2.75, 3.05) is 6.79 Å². The summed E-state index contributed by atoms with van der Waals surface area (Å²) >= 11 is 0. The molecule has 0 radical (unpaired) electrons. The number of para-hydroxylation sites is 1. The molecule has 1 aliphatic rings. The zero-order valence-corrected chi connectivity index (χ0v) is 10.2. The van der Waals surface area contributed by atoms with Gasteiger partial charge in [-0.25, -0.2) is 0 Å². The Kier molecular flexibility index (Phi) is 3.91. The van der Waals surface area contributed by atoms with Crippen molar-refractivity contribution in [3.63, 3.8) is 0 Å². The second-order valence-corrected chi connectivity index (χ2v) is 3.58. The first-order valence-electron chi connectivity index (χ1n) is 5.58. The highest BCUT2D eigenvalue weighted by atomic mass is 16.7. The number of benzene rings is 1. The molecule has 1 aliphatic heterocycles. The summed E-state index contributed by atoms with van der Waals surface area (Å²) in [6.07, 6.45) is 7.51. The molecule has 4 heteroatoms. The molecule has 1 aromatic carbocycles. The van der Waals surface area contributed by atoms with Gasteiger partial charge in [-0.3, -0.25) is 0 Å². The van der Waals surface area contributed by atoms with Crippen molar-refractivity contribution in [1.82, 2.24) is 0 Å². The molecule has 0 bridgehead atoms. The minimum Gasteiger partial charge on any atom is -0.454 e. The average molecular weight is 242 g/mol. The van der Waals surface area contributed by atoms with E-state index in [2.05, 4.69) is 16.9 Å². The van der Waals surface area contributed by atoms with E-state index in [9.17, 15) is 0 Å². The highest BCUT2D eigenvalue weighted by Gasteiger charge is 2.15. The third-order valence-electron chi connectivity index (χ3n) is 2.38. The number of fused-ring (bicyclic) bond motifs is 1. The first-order chi connectivity index (χ1) is 8.85. The molecule has 0 N–H and O–H groups in total. The van der Waals surface area contributed by atoms with E-state index in [1.807, 2.05) is 49.4 Å². The molecule has 0 spiro atoms. The Balaban J connectivity index is 2.26. The van der Waals surface area contributed by atoms with Crippen LogP contribution in [0, 0.1) is 0 Å². The van der Waals surface area contributed by atoms with Gasteiger partial charge in [0.15, 0.2) is 11.5 Å². The van der Waals surface area contributed by atoms with E-state index in [0.29, 0.717) is 0 Å². The second kappa shape index (κ2) is 5.82. The number of ether oxygens (including phenoxy) is 2. The molecule has 0 saturated carbocycles. The van der Waals surface area contributed by atoms with Crippen molar-refractivity contribution in [3.8, 4) is 11.5 Å². The molecule has 0 unspecified atom stereocenters. The Morgan fingerprint density at radius 2 is 2.22 bits per heavy atom. The largest absolute Gasteiger partial charge is 0.454 e. The molecule has 0 aliphatic carbocycles. The van der Waals surface area contributed by atoms with Crippen molar-refractivity contribution in [2.45, 2.75) is 6.92 Å². The lowest BCUT2D eigenvalue weighted by Crippen LogP contribution is -1.93. The van der Waals surface area contributed by atoms with Crippen LogP contribution in [0.1, 0.15) is 12.5 Å². The first kappa shape index (κ1) is 12.1. The van der Waals surface area contributed by atoms with Gasteiger partial charge in [-0.1, -0.05) is 18.2 Å². The van der Waals surface area contributed by atoms with Gasteiger partial charge in [0, 0.05) is 12.3 Å². The van der Waals surface area contributed by atoms with Crippen LogP contribution in [-0.2, 0) is 0 Å². The predicted molar refractivity (Wildman–Crippen MR) is 73.4 cm³/mol. The van der Waals surface area contributed by atoms with Gasteiger partial charge in [0.1, 0.15) is 0 Å². The quantitative estimate of drug-likeness (QED) is 0.601. The number of rotatable bonds is 4. The lowest BCUT2D eigenvalue weighted by Gasteiger charge is -2.00. The van der Waals surface area contributed by atoms with Gasteiger partial charge in [0.2, 0.25) is 6.79 Å². The van der Waals surface area contributed by atoms with Gasteiger partial charge in [-0.05, 0) is 31.2 Å². The van der Waals surface area contributed by atoms with Crippen LogP contribution in [0.3, 0.4) is 0 Å². The monoisotopic (exact) mass is 242 g/mol. The van der Waals surface area contributed by atoms with Crippen LogP contribution in [0.4, 0.5) is 0 Å². The fourth-order valence-electron chi connectivity index (χ4n) is 1.63. The minimum absolute atomic E-state index is 0.268. The smallest absolute Gasteiger partial charge is 0.231 e. The van der Waals surface area contributed by atoms with Crippen LogP contribution in [0.2, 0.25) is 0 Å². The van der Waals surface area contributed by atoms with Crippen LogP contribution in [0.25, 0.3) is 6.08 Å². The van der Waals surface area contributed by atoms with Crippen LogP contribution in [0.15, 0.2) is 46.6 Å². The third kappa shape index (κ3) is 2.66. The minimum atomic E-state index is 0.268. The summed E-state index contributed by atoms with van der Waals surface area (Å²) in [4.78, 5) is 0. The summed E-state index contributed by atoms with van der Waals surface area (Å²) in [6.45, 7) is 5.53. The second-order valence-electron chi connectivity index (χ2n) is 3.58. The molecule has 2 rings (SSSR count). The van der Waals surface area contributed by atoms with E-state index in [0.717, 1.165) is 22.8 Å². The van der Waals surface area contributed by atoms with Crippen LogP contribution in [0.5, 0.6) is 11.5 Å². The average Bonchev–Trinajstić information content (AvgIpc) is 2.85. The molecular weight excluding hydrogens is 228 g/mol. The molecular formula is C14H14N2O2. The SMILES string of the molecule is C=NN=C(C=CC)C=Cc1cccc2c1OCO2. The molecule has 18 heavy (non-hydrogen) atoms. The van der Waals surface area contributed by atoms with Crippen LogP contribution < -0.4 is 9.47 Å². The number of allylic oxidation sites excluding steroid dienone is 3. The van der Waals surface area contributed by atoms with Gasteiger partial charge in [0.25, 0.3) is 0 Å². The van der Waals surface area contributed by atoms with Crippen LogP contribution in [-0.4, -0.2) is 19.2 Å². The molecule has 0 atom stereocenters. The summed E-state index contributed by atoms with van der Waals surface area (Å²) in [5.41, 5.74) is 1.68. The number of hydrogen-bond donors (Lipinski definition) is 0. The maximum absolute atomic E-state index is 5.41. The molecule has 4 nitrogen and oxygen atoms in total. The summed E-state index contributed by atoms with van der Waals surface area (Å²) in [5, 5.41) is 7.43. The molecule has 1 heterocycles. The zero-order chi connectivity index (χ0) is 12.8. The Morgan fingerprint density at radius 3 is 3.00 bits per heavy atom. The van der Waals surface area contributed by atoms with Gasteiger partial charge < -0.3 is 9.47 Å². The highest BCUT2D eigenvalue weighted by Crippen LogP contribution is 2.35. The molecule has 1 aromatic rings. The summed E-state index contributed by atoms with van der Waals surface area (Å²) in [6, 6.07) is 5.76.